The molecule has 6 heteroatoms. The minimum Gasteiger partial charge on any atom is -0.477 e. The molecule has 2 aromatic rings. The van der Waals surface area contributed by atoms with Crippen molar-refractivity contribution in [1.82, 2.24) is 9.88 Å². The van der Waals surface area contributed by atoms with E-state index in [1.54, 1.807) is 19.2 Å². The van der Waals surface area contributed by atoms with Gasteiger partial charge in [-0.3, -0.25) is 4.79 Å². The number of pyridine rings is 1. The normalized spacial score (nSPS) is 10.2. The molecule has 2 heterocycles. The van der Waals surface area contributed by atoms with E-state index in [0.29, 0.717) is 12.3 Å². The molecule has 0 atom stereocenters. The molecule has 0 saturated carbocycles. The fourth-order valence-electron chi connectivity index (χ4n) is 1.61. The molecule has 98 valence electrons. The van der Waals surface area contributed by atoms with E-state index < -0.39 is 5.97 Å². The fourth-order valence-corrected chi connectivity index (χ4v) is 1.61. The van der Waals surface area contributed by atoms with Crippen molar-refractivity contribution in [3.05, 3.63) is 53.7 Å². The molecule has 0 aliphatic rings. The molecular formula is C13H12N2O4. The number of carbonyl (C=O) groups excluding carboxylic acids is 1. The van der Waals surface area contributed by atoms with Crippen molar-refractivity contribution >= 4 is 11.9 Å². The molecule has 0 unspecified atom stereocenters. The monoisotopic (exact) mass is 260 g/mol. The Balaban J connectivity index is 2.14. The highest BCUT2D eigenvalue weighted by Crippen LogP contribution is 2.09. The van der Waals surface area contributed by atoms with Gasteiger partial charge in [0.15, 0.2) is 0 Å². The van der Waals surface area contributed by atoms with Crippen molar-refractivity contribution in [1.29, 1.82) is 0 Å². The molecule has 0 aromatic carbocycles. The summed E-state index contributed by atoms with van der Waals surface area (Å²) in [5.41, 5.74) is 0.124. The van der Waals surface area contributed by atoms with Crippen LogP contribution in [0.3, 0.4) is 0 Å². The Hall–Kier alpha value is -2.63. The molecule has 2 aromatic heterocycles. The molecule has 0 fully saturated rings. The number of hydrogen-bond donors (Lipinski definition) is 1. The van der Waals surface area contributed by atoms with Gasteiger partial charge in [0.25, 0.3) is 5.91 Å². The lowest BCUT2D eigenvalue weighted by Gasteiger charge is -2.15. The van der Waals surface area contributed by atoms with E-state index in [-0.39, 0.29) is 17.2 Å². The van der Waals surface area contributed by atoms with Crippen molar-refractivity contribution in [2.75, 3.05) is 7.05 Å². The van der Waals surface area contributed by atoms with Crippen molar-refractivity contribution in [2.45, 2.75) is 6.54 Å². The topological polar surface area (TPSA) is 83.6 Å². The zero-order valence-corrected chi connectivity index (χ0v) is 10.2. The minimum absolute atomic E-state index is 0.155. The van der Waals surface area contributed by atoms with Gasteiger partial charge in [0.1, 0.15) is 11.5 Å². The molecule has 6 nitrogen and oxygen atoms in total. The van der Waals surface area contributed by atoms with E-state index in [1.807, 2.05) is 0 Å². The van der Waals surface area contributed by atoms with Gasteiger partial charge in [-0.25, -0.2) is 9.78 Å². The van der Waals surface area contributed by atoms with Crippen LogP contribution >= 0.6 is 0 Å². The van der Waals surface area contributed by atoms with Crippen LogP contribution in [-0.2, 0) is 6.54 Å². The first-order valence-corrected chi connectivity index (χ1v) is 5.55. The van der Waals surface area contributed by atoms with Gasteiger partial charge >= 0.3 is 5.97 Å². The summed E-state index contributed by atoms with van der Waals surface area (Å²) in [6.45, 7) is 0.316. The zero-order valence-electron chi connectivity index (χ0n) is 10.2. The Labute approximate surface area is 109 Å². The maximum atomic E-state index is 12.1. The first-order chi connectivity index (χ1) is 9.08. The lowest BCUT2D eigenvalue weighted by atomic mass is 10.2. The fraction of sp³-hybridized carbons (Fsp3) is 0.154. The molecule has 2 rings (SSSR count). The van der Waals surface area contributed by atoms with Gasteiger partial charge in [-0.1, -0.05) is 0 Å². The van der Waals surface area contributed by atoms with E-state index in [2.05, 4.69) is 4.98 Å². The number of rotatable bonds is 4. The minimum atomic E-state index is -1.16. The van der Waals surface area contributed by atoms with Crippen LogP contribution in [-0.4, -0.2) is 33.9 Å². The van der Waals surface area contributed by atoms with Gasteiger partial charge in [0.2, 0.25) is 0 Å². The smallest absolute Gasteiger partial charge is 0.354 e. The van der Waals surface area contributed by atoms with Crippen LogP contribution in [0.4, 0.5) is 0 Å². The quantitative estimate of drug-likeness (QED) is 0.903. The third kappa shape index (κ3) is 2.98. The van der Waals surface area contributed by atoms with E-state index in [9.17, 15) is 9.59 Å². The molecule has 0 saturated heterocycles. The van der Waals surface area contributed by atoms with Crippen LogP contribution in [0, 0.1) is 0 Å². The second-order valence-corrected chi connectivity index (χ2v) is 3.98. The second kappa shape index (κ2) is 5.34. The third-order valence-corrected chi connectivity index (χ3v) is 2.55. The maximum absolute atomic E-state index is 12.1. The van der Waals surface area contributed by atoms with Crippen LogP contribution in [0.15, 0.2) is 41.1 Å². The van der Waals surface area contributed by atoms with Gasteiger partial charge in [-0.15, -0.1) is 0 Å². The first kappa shape index (κ1) is 12.8. The predicted octanol–water partition coefficient (Wildman–Crippen LogP) is 1.65. The van der Waals surface area contributed by atoms with Crippen molar-refractivity contribution < 1.29 is 19.1 Å². The van der Waals surface area contributed by atoms with Crippen molar-refractivity contribution in [2.24, 2.45) is 0 Å². The summed E-state index contributed by atoms with van der Waals surface area (Å²) < 4.78 is 5.15. The molecule has 19 heavy (non-hydrogen) atoms. The molecule has 0 aliphatic carbocycles. The number of amides is 1. The number of furan rings is 1. The van der Waals surface area contributed by atoms with E-state index in [0.717, 1.165) is 0 Å². The number of hydrogen-bond acceptors (Lipinski definition) is 4. The summed E-state index contributed by atoms with van der Waals surface area (Å²) in [6.07, 6.45) is 2.83. The number of nitrogens with zero attached hydrogens (tertiary/aromatic N) is 2. The van der Waals surface area contributed by atoms with Crippen LogP contribution in [0.5, 0.6) is 0 Å². The molecule has 0 spiro atoms. The first-order valence-electron chi connectivity index (χ1n) is 5.55. The van der Waals surface area contributed by atoms with E-state index >= 15 is 0 Å². The maximum Gasteiger partial charge on any atom is 0.354 e. The van der Waals surface area contributed by atoms with Crippen molar-refractivity contribution in [3.8, 4) is 0 Å². The highest BCUT2D eigenvalue weighted by atomic mass is 16.4. The second-order valence-electron chi connectivity index (χ2n) is 3.98. The van der Waals surface area contributed by atoms with Gasteiger partial charge in [0, 0.05) is 18.8 Å². The van der Waals surface area contributed by atoms with E-state index in [1.165, 1.54) is 29.5 Å². The summed E-state index contributed by atoms with van der Waals surface area (Å²) in [6, 6.07) is 6.23. The van der Waals surface area contributed by atoms with Crippen LogP contribution in [0.1, 0.15) is 26.6 Å². The number of aromatic nitrogens is 1. The van der Waals surface area contributed by atoms with Gasteiger partial charge in [0.05, 0.1) is 12.8 Å². The summed E-state index contributed by atoms with van der Waals surface area (Å²) in [5.74, 6) is -0.798. The molecule has 1 amide bonds. The number of carboxylic acids is 1. The molecule has 0 bridgehead atoms. The largest absolute Gasteiger partial charge is 0.477 e. The van der Waals surface area contributed by atoms with Gasteiger partial charge in [-0.05, 0) is 24.3 Å². The number of aromatic carboxylic acids is 1. The Bertz CT molecular complexity index is 592. The number of carboxylic acid groups (broad SMARTS) is 1. The van der Waals surface area contributed by atoms with Gasteiger partial charge in [-0.2, -0.15) is 0 Å². The Morgan fingerprint density at radius 1 is 1.42 bits per heavy atom. The average molecular weight is 260 g/mol. The number of carbonyl (C=O) groups is 2. The summed E-state index contributed by atoms with van der Waals surface area (Å²) in [4.78, 5) is 28.0. The van der Waals surface area contributed by atoms with Gasteiger partial charge < -0.3 is 14.4 Å². The Morgan fingerprint density at radius 3 is 2.84 bits per heavy atom. The van der Waals surface area contributed by atoms with E-state index in [4.69, 9.17) is 9.52 Å². The highest BCUT2D eigenvalue weighted by Gasteiger charge is 2.15. The summed E-state index contributed by atoms with van der Waals surface area (Å²) >= 11 is 0. The van der Waals surface area contributed by atoms with Crippen LogP contribution in [0.2, 0.25) is 0 Å². The Kier molecular flexibility index (Phi) is 3.61. The molecule has 0 radical (unpaired) electrons. The van der Waals surface area contributed by atoms with Crippen LogP contribution < -0.4 is 0 Å². The van der Waals surface area contributed by atoms with Crippen LogP contribution in [0.25, 0.3) is 0 Å². The predicted molar refractivity (Wildman–Crippen MR) is 65.7 cm³/mol. The Morgan fingerprint density at radius 2 is 2.21 bits per heavy atom. The standard InChI is InChI=1S/C13H12N2O4/c1-15(8-10-3-2-6-19-10)12(16)9-4-5-14-11(7-9)13(17)18/h2-7H,8H2,1H3,(H,17,18). The summed E-state index contributed by atoms with van der Waals surface area (Å²) in [7, 11) is 1.62. The molecule has 1 N–H and O–H groups in total. The molecule has 0 aliphatic heterocycles. The lowest BCUT2D eigenvalue weighted by Crippen LogP contribution is -2.26. The third-order valence-electron chi connectivity index (χ3n) is 2.55. The lowest BCUT2D eigenvalue weighted by molar-refractivity contribution is 0.0690. The zero-order chi connectivity index (χ0) is 13.8. The summed E-state index contributed by atoms with van der Waals surface area (Å²) in [5, 5.41) is 8.83. The molecular weight excluding hydrogens is 248 g/mol. The average Bonchev–Trinajstić information content (AvgIpc) is 2.90. The highest BCUT2D eigenvalue weighted by molar-refractivity contribution is 5.96. The van der Waals surface area contributed by atoms with Crippen molar-refractivity contribution in [3.63, 3.8) is 0 Å². The SMILES string of the molecule is CN(Cc1ccco1)C(=O)c1ccnc(C(=O)O)c1.